The van der Waals surface area contributed by atoms with Crippen molar-refractivity contribution in [2.45, 2.75) is 37.5 Å². The lowest BCUT2D eigenvalue weighted by molar-refractivity contribution is -0.148. The number of thioether (sulfide) groups is 1. The molecule has 1 aliphatic rings. The van der Waals surface area contributed by atoms with Gasteiger partial charge in [0.2, 0.25) is 0 Å². The first-order chi connectivity index (χ1) is 9.58. The first kappa shape index (κ1) is 15.5. The van der Waals surface area contributed by atoms with Crippen molar-refractivity contribution in [3.63, 3.8) is 0 Å². The minimum atomic E-state index is -0.663. The van der Waals surface area contributed by atoms with Crippen LogP contribution in [0.1, 0.15) is 26.7 Å². The molecule has 5 heteroatoms. The maximum absolute atomic E-state index is 12.5. The van der Waals surface area contributed by atoms with Gasteiger partial charge in [-0.25, -0.2) is 4.79 Å². The molecule has 0 bridgehead atoms. The molecule has 20 heavy (non-hydrogen) atoms. The monoisotopic (exact) mass is 313 g/mol. The van der Waals surface area contributed by atoms with Crippen LogP contribution in [0.3, 0.4) is 0 Å². The molecule has 2 rings (SSSR count). The zero-order valence-corrected chi connectivity index (χ0v) is 13.4. The average Bonchev–Trinajstić information content (AvgIpc) is 2.42. The summed E-state index contributed by atoms with van der Waals surface area (Å²) in [5, 5.41) is 4.21. The molecule has 110 valence electrons. The molecular formula is C15H20ClNO2S. The van der Waals surface area contributed by atoms with E-state index in [1.807, 2.05) is 31.2 Å². The van der Waals surface area contributed by atoms with Gasteiger partial charge in [0, 0.05) is 16.0 Å². The van der Waals surface area contributed by atoms with Crippen LogP contribution in [-0.2, 0) is 9.53 Å². The molecule has 2 atom stereocenters. The molecule has 3 nitrogen and oxygen atoms in total. The molecule has 0 aromatic heterocycles. The minimum absolute atomic E-state index is 0.161. The fourth-order valence-corrected chi connectivity index (χ4v) is 3.94. The second kappa shape index (κ2) is 6.72. The Balaban J connectivity index is 2.28. The number of rotatable bonds is 4. The third kappa shape index (κ3) is 3.23. The first-order valence-electron chi connectivity index (χ1n) is 6.91. The van der Waals surface area contributed by atoms with Crippen LogP contribution < -0.4 is 5.32 Å². The highest BCUT2D eigenvalue weighted by Crippen LogP contribution is 2.38. The minimum Gasteiger partial charge on any atom is -0.464 e. The summed E-state index contributed by atoms with van der Waals surface area (Å²) in [6, 6.07) is 7.47. The maximum Gasteiger partial charge on any atom is 0.332 e. The van der Waals surface area contributed by atoms with Gasteiger partial charge in [-0.15, -0.1) is 0 Å². The molecular weight excluding hydrogens is 294 g/mol. The van der Waals surface area contributed by atoms with Crippen LogP contribution in [-0.4, -0.2) is 29.1 Å². The number of nitrogens with one attached hydrogen (secondary N) is 1. The topological polar surface area (TPSA) is 38.3 Å². The highest BCUT2D eigenvalue weighted by Gasteiger charge is 2.46. The Labute approximate surface area is 129 Å². The molecule has 0 amide bonds. The number of halogens is 1. The summed E-state index contributed by atoms with van der Waals surface area (Å²) in [6.45, 7) is 4.32. The zero-order chi connectivity index (χ0) is 14.6. The van der Waals surface area contributed by atoms with Crippen LogP contribution in [0.25, 0.3) is 0 Å². The Morgan fingerprint density at radius 2 is 2.40 bits per heavy atom. The predicted molar refractivity (Wildman–Crippen MR) is 85.6 cm³/mol. The lowest BCUT2D eigenvalue weighted by atomic mass is 9.89. The van der Waals surface area contributed by atoms with Gasteiger partial charge in [-0.05, 0) is 43.7 Å². The number of ether oxygens (including phenoxy) is 1. The van der Waals surface area contributed by atoms with Gasteiger partial charge in [0.05, 0.1) is 6.61 Å². The molecule has 1 saturated heterocycles. The Bertz CT molecular complexity index is 483. The summed E-state index contributed by atoms with van der Waals surface area (Å²) < 4.78 is 5.31. The van der Waals surface area contributed by atoms with E-state index in [2.05, 4.69) is 12.2 Å². The van der Waals surface area contributed by atoms with E-state index in [1.165, 1.54) is 0 Å². The van der Waals surface area contributed by atoms with Crippen molar-refractivity contribution in [2.24, 2.45) is 0 Å². The highest BCUT2D eigenvalue weighted by atomic mass is 35.5. The fraction of sp³-hybridized carbons (Fsp3) is 0.533. The summed E-state index contributed by atoms with van der Waals surface area (Å²) in [4.78, 5) is 12.5. The van der Waals surface area contributed by atoms with Crippen LogP contribution in [0.5, 0.6) is 0 Å². The third-order valence-electron chi connectivity index (χ3n) is 3.61. The normalized spacial score (nSPS) is 26.1. The number of benzene rings is 1. The smallest absolute Gasteiger partial charge is 0.332 e. The van der Waals surface area contributed by atoms with Crippen molar-refractivity contribution < 1.29 is 9.53 Å². The summed E-state index contributed by atoms with van der Waals surface area (Å²) >= 11 is 7.83. The standard InChI is InChI=1S/C15H20ClNO2S/c1-3-19-14(18)15(8-5-9-20-11(15)2)17-13-7-4-6-12(16)10-13/h4,6-7,10-11,17H,3,5,8-9H2,1-2H3. The Morgan fingerprint density at radius 1 is 1.60 bits per heavy atom. The zero-order valence-electron chi connectivity index (χ0n) is 11.8. The average molecular weight is 314 g/mol. The largest absolute Gasteiger partial charge is 0.464 e. The molecule has 1 heterocycles. The van der Waals surface area contributed by atoms with Gasteiger partial charge in [0.25, 0.3) is 0 Å². The summed E-state index contributed by atoms with van der Waals surface area (Å²) in [5.74, 6) is 0.916. The third-order valence-corrected chi connectivity index (χ3v) is 5.27. The number of anilines is 1. The van der Waals surface area contributed by atoms with Gasteiger partial charge < -0.3 is 10.1 Å². The van der Waals surface area contributed by atoms with E-state index in [4.69, 9.17) is 16.3 Å². The van der Waals surface area contributed by atoms with E-state index in [1.54, 1.807) is 11.8 Å². The molecule has 0 saturated carbocycles. The fourth-order valence-electron chi connectivity index (χ4n) is 2.52. The predicted octanol–water partition coefficient (Wildman–Crippen LogP) is 3.97. The van der Waals surface area contributed by atoms with Gasteiger partial charge >= 0.3 is 5.97 Å². The molecule has 1 aromatic carbocycles. The first-order valence-corrected chi connectivity index (χ1v) is 8.34. The molecule has 1 aromatic rings. The number of hydrogen-bond acceptors (Lipinski definition) is 4. The van der Waals surface area contributed by atoms with Gasteiger partial charge in [-0.3, -0.25) is 0 Å². The van der Waals surface area contributed by atoms with Crippen molar-refractivity contribution in [3.8, 4) is 0 Å². The SMILES string of the molecule is CCOC(=O)C1(Nc2cccc(Cl)c2)CCCSC1C. The van der Waals surface area contributed by atoms with E-state index in [-0.39, 0.29) is 11.2 Å². The quantitative estimate of drug-likeness (QED) is 0.854. The van der Waals surface area contributed by atoms with E-state index in [0.29, 0.717) is 11.6 Å². The van der Waals surface area contributed by atoms with E-state index >= 15 is 0 Å². The van der Waals surface area contributed by atoms with E-state index in [9.17, 15) is 4.79 Å². The Hall–Kier alpha value is -0.870. The molecule has 1 fully saturated rings. The number of carbonyl (C=O) groups excluding carboxylic acids is 1. The summed E-state index contributed by atoms with van der Waals surface area (Å²) in [5.41, 5.74) is 0.198. The van der Waals surface area contributed by atoms with Crippen LogP contribution in [0.15, 0.2) is 24.3 Å². The van der Waals surface area contributed by atoms with Crippen molar-refractivity contribution in [1.82, 2.24) is 0 Å². The van der Waals surface area contributed by atoms with Crippen molar-refractivity contribution in [1.29, 1.82) is 0 Å². The number of esters is 1. The van der Waals surface area contributed by atoms with E-state index in [0.717, 1.165) is 24.3 Å². The van der Waals surface area contributed by atoms with Crippen LogP contribution in [0, 0.1) is 0 Å². The van der Waals surface area contributed by atoms with Crippen molar-refractivity contribution in [2.75, 3.05) is 17.7 Å². The van der Waals surface area contributed by atoms with Crippen LogP contribution >= 0.6 is 23.4 Å². The van der Waals surface area contributed by atoms with Gasteiger partial charge in [-0.2, -0.15) is 11.8 Å². The van der Waals surface area contributed by atoms with Crippen LogP contribution in [0.2, 0.25) is 5.02 Å². The summed E-state index contributed by atoms with van der Waals surface area (Å²) in [7, 11) is 0. The Kier molecular flexibility index (Phi) is 5.22. The molecule has 0 radical (unpaired) electrons. The number of hydrogen-bond donors (Lipinski definition) is 1. The van der Waals surface area contributed by atoms with Crippen molar-refractivity contribution in [3.05, 3.63) is 29.3 Å². The summed E-state index contributed by atoms with van der Waals surface area (Å²) in [6.07, 6.45) is 1.79. The second-order valence-electron chi connectivity index (χ2n) is 4.94. The molecule has 0 spiro atoms. The van der Waals surface area contributed by atoms with Crippen molar-refractivity contribution >= 4 is 35.0 Å². The van der Waals surface area contributed by atoms with Gasteiger partial charge in [0.15, 0.2) is 0 Å². The maximum atomic E-state index is 12.5. The number of carbonyl (C=O) groups is 1. The molecule has 1 aliphatic heterocycles. The molecule has 0 aliphatic carbocycles. The molecule has 2 unspecified atom stereocenters. The van der Waals surface area contributed by atoms with Gasteiger partial charge in [-0.1, -0.05) is 24.6 Å². The lowest BCUT2D eigenvalue weighted by Crippen LogP contribution is -2.56. The van der Waals surface area contributed by atoms with Gasteiger partial charge in [0.1, 0.15) is 5.54 Å². The molecule has 1 N–H and O–H groups in total. The lowest BCUT2D eigenvalue weighted by Gasteiger charge is -2.41. The van der Waals surface area contributed by atoms with Crippen LogP contribution in [0.4, 0.5) is 5.69 Å². The highest BCUT2D eigenvalue weighted by molar-refractivity contribution is 8.00. The Morgan fingerprint density at radius 3 is 3.05 bits per heavy atom. The second-order valence-corrected chi connectivity index (χ2v) is 6.83. The van der Waals surface area contributed by atoms with E-state index < -0.39 is 5.54 Å².